The van der Waals surface area contributed by atoms with Crippen LogP contribution >= 0.6 is 0 Å². The van der Waals surface area contributed by atoms with Crippen LogP contribution in [0.5, 0.6) is 0 Å². The molecule has 35 nitrogen and oxygen atoms in total. The molecule has 28 atom stereocenters. The maximum Gasteiger partial charge on any atom is 0.364 e. The van der Waals surface area contributed by atoms with Crippen LogP contribution in [0.2, 0.25) is 0 Å². The van der Waals surface area contributed by atoms with Crippen LogP contribution in [0.4, 0.5) is 0 Å². The Labute approximate surface area is 687 Å². The third-order valence-electron chi connectivity index (χ3n) is 22.6. The molecular formula is C82H142N4O31. The highest BCUT2D eigenvalue weighted by Gasteiger charge is 2.62. The molecule has 0 bridgehead atoms. The predicted molar refractivity (Wildman–Crippen MR) is 421 cm³/mol. The summed E-state index contributed by atoms with van der Waals surface area (Å²) in [6, 6.07) is 4.65. The van der Waals surface area contributed by atoms with Crippen LogP contribution < -0.4 is 16.0 Å². The number of nitrogens with one attached hydrogen (secondary N) is 3. The molecule has 1 aromatic rings. The van der Waals surface area contributed by atoms with E-state index >= 15 is 0 Å². The number of hydrogen-bond acceptors (Lipinski definition) is 31. The highest BCUT2D eigenvalue weighted by atomic mass is 16.8. The third-order valence-corrected chi connectivity index (χ3v) is 22.6. The van der Waals surface area contributed by atoms with Gasteiger partial charge in [-0.25, -0.2) is 4.79 Å². The van der Waals surface area contributed by atoms with Gasteiger partial charge in [-0.3, -0.25) is 14.4 Å². The lowest BCUT2D eigenvalue weighted by Gasteiger charge is -2.52. The van der Waals surface area contributed by atoms with E-state index in [4.69, 9.17) is 47.4 Å². The first-order valence-corrected chi connectivity index (χ1v) is 42.9. The van der Waals surface area contributed by atoms with Gasteiger partial charge in [0, 0.05) is 45.5 Å². The van der Waals surface area contributed by atoms with E-state index < -0.39 is 241 Å². The Morgan fingerprint density at radius 2 is 0.949 bits per heavy atom. The van der Waals surface area contributed by atoms with Gasteiger partial charge in [0.2, 0.25) is 17.7 Å². The van der Waals surface area contributed by atoms with E-state index in [1.54, 1.807) is 6.08 Å². The average Bonchev–Trinajstić information content (AvgIpc) is 0.749. The first-order valence-electron chi connectivity index (χ1n) is 42.9. The monoisotopic (exact) mass is 1680 g/mol. The van der Waals surface area contributed by atoms with Gasteiger partial charge in [0.05, 0.1) is 63.9 Å². The summed E-state index contributed by atoms with van der Waals surface area (Å²) in [5, 5.41) is 200. The molecule has 2 unspecified atom stereocenters. The van der Waals surface area contributed by atoms with Crippen molar-refractivity contribution in [1.29, 1.82) is 0 Å². The van der Waals surface area contributed by atoms with Crippen molar-refractivity contribution in [3.8, 4) is 0 Å². The van der Waals surface area contributed by atoms with Crippen molar-refractivity contribution in [2.75, 3.05) is 52.7 Å². The SMILES string of the molecule is CCCCCCCCCCCCCCCCCC(=O)N[C@@H](CO[C@@H]1O[C@H](CO)[C@@H](O[C@@H]2O[C@H](CO)[C@H](O[C@@H]3O[C@H](CO)[C@H](O)[C@H](O[C@@H]4O[C@H](CO)[C@H](O)[C@H](O)[C@H]4O)[C@H]3NC(C)=O)[C@H](OC3(C(=O)O)C[C@H](O)[C@@H](NC(C)=O)[C@H](C(O)[C@H](O)CO)O3)[C@H]2O)[C@H](O)[C@H]1O)[C@H](O)/C=C(/c1ccccc1)N(CCCCCCCC)CCCCCCCC. The van der Waals surface area contributed by atoms with E-state index in [0.29, 0.717) is 19.5 Å². The second-order valence-electron chi connectivity index (χ2n) is 32.0. The first kappa shape index (κ1) is 101. The lowest BCUT2D eigenvalue weighted by atomic mass is 9.88. The molecule has 0 radical (unpaired) electrons. The van der Waals surface area contributed by atoms with E-state index in [1.165, 1.54) is 57.8 Å². The van der Waals surface area contributed by atoms with Crippen LogP contribution in [0.3, 0.4) is 0 Å². The number of aliphatic hydroxyl groups is 16. The Morgan fingerprint density at radius 3 is 1.46 bits per heavy atom. The van der Waals surface area contributed by atoms with Crippen LogP contribution in [-0.2, 0) is 66.5 Å². The minimum absolute atomic E-state index is 0.102. The van der Waals surface area contributed by atoms with Crippen LogP contribution in [-0.4, -0.2) is 339 Å². The summed E-state index contributed by atoms with van der Waals surface area (Å²) in [6.45, 7) is 3.72. The third kappa shape index (κ3) is 30.8. The second kappa shape index (κ2) is 53.6. The van der Waals surface area contributed by atoms with Crippen molar-refractivity contribution in [2.24, 2.45) is 0 Å². The number of rotatable bonds is 56. The Morgan fingerprint density at radius 1 is 0.504 bits per heavy atom. The van der Waals surface area contributed by atoms with E-state index in [2.05, 4.69) is 41.6 Å². The summed E-state index contributed by atoms with van der Waals surface area (Å²) in [6.07, 6.45) is -19.9. The molecule has 5 saturated heterocycles. The summed E-state index contributed by atoms with van der Waals surface area (Å²) >= 11 is 0. The van der Waals surface area contributed by atoms with Crippen LogP contribution in [0.25, 0.3) is 5.70 Å². The van der Waals surface area contributed by atoms with Crippen molar-refractivity contribution >= 4 is 29.4 Å². The number of carbonyl (C=O) groups is 4. The summed E-state index contributed by atoms with van der Waals surface area (Å²) in [5.41, 5.74) is 1.53. The number of carboxylic acid groups (broad SMARTS) is 1. The molecular weight excluding hydrogens is 1540 g/mol. The molecule has 35 heteroatoms. The largest absolute Gasteiger partial charge is 0.477 e. The molecule has 5 aliphatic rings. The number of unbranched alkanes of at least 4 members (excludes halogenated alkanes) is 24. The van der Waals surface area contributed by atoms with E-state index in [-0.39, 0.29) is 6.42 Å². The molecule has 1 aromatic carbocycles. The van der Waals surface area contributed by atoms with Gasteiger partial charge in [-0.05, 0) is 30.9 Å². The number of carbonyl (C=O) groups excluding carboxylic acids is 3. The standard InChI is InChI=1S/C82H142N4O31/c1-6-9-12-15-18-19-20-21-22-23-24-25-26-27-33-38-61(97)85-52(54(94)41-53(51-36-31-30-32-37-51)86(39-34-28-16-13-10-7-2)40-35-29-17-14-11-8-3)48-108-78-70(104)68(102)72(59(46-90)111-78)113-80-71(105)76(117-82(81(106)107)42-55(95)62(83-49(4)92)75(116-82)64(98)56(96)43-87)73(60(47-91)112-80)114-77-63(84-50(5)93)74(66(100)58(45-89)109-77)115-79-69(103)67(101)65(99)57(44-88)110-79/h30-32,36-37,41,52,54-60,62-80,87-91,94-96,98-105H,6-29,33-35,38-40,42-48H2,1-5H3,(H,83,92)(H,84,93)(H,85,97)(H,106,107)/b53-41-/t52-,54+,55-,56+,57+,58+,59+,60+,62+,63+,64?,65-,66-,67-,68+,69+,70+,71+,72+,73-,74+,75+,76+,77-,78+,79-,80-,82?/m0/s1. The lowest BCUT2D eigenvalue weighted by molar-refractivity contribution is -0.403. The summed E-state index contributed by atoms with van der Waals surface area (Å²) in [7, 11) is 0. The van der Waals surface area contributed by atoms with Crippen molar-refractivity contribution < 1.29 is 153 Å². The zero-order valence-corrected chi connectivity index (χ0v) is 69.0. The van der Waals surface area contributed by atoms with Crippen molar-refractivity contribution in [1.82, 2.24) is 20.9 Å². The molecule has 20 N–H and O–H groups in total. The van der Waals surface area contributed by atoms with Gasteiger partial charge in [-0.15, -0.1) is 0 Å². The number of hydrogen-bond donors (Lipinski definition) is 20. The number of amides is 3. The fourth-order valence-electron chi connectivity index (χ4n) is 15.8. The number of carboxylic acids is 1. The lowest BCUT2D eigenvalue weighted by Crippen LogP contribution is -2.72. The Hall–Kier alpha value is -4.40. The van der Waals surface area contributed by atoms with E-state index in [9.17, 15) is 106 Å². The second-order valence-corrected chi connectivity index (χ2v) is 32.0. The van der Waals surface area contributed by atoms with Gasteiger partial charge in [-0.1, -0.05) is 205 Å². The predicted octanol–water partition coefficient (Wildman–Crippen LogP) is 0.764. The molecule has 676 valence electrons. The minimum Gasteiger partial charge on any atom is -0.477 e. The first-order chi connectivity index (χ1) is 56.2. The molecule has 0 saturated carbocycles. The fourth-order valence-corrected chi connectivity index (χ4v) is 15.8. The van der Waals surface area contributed by atoms with Crippen molar-refractivity contribution in [2.45, 2.75) is 392 Å². The Balaban J connectivity index is 1.33. The summed E-state index contributed by atoms with van der Waals surface area (Å²) in [5.74, 6) is -7.75. The van der Waals surface area contributed by atoms with Gasteiger partial charge in [0.25, 0.3) is 5.79 Å². The molecule has 5 aliphatic heterocycles. The van der Waals surface area contributed by atoms with Crippen LogP contribution in [0.15, 0.2) is 36.4 Å². The molecule has 3 amide bonds. The average molecular weight is 1680 g/mol. The van der Waals surface area contributed by atoms with Crippen molar-refractivity contribution in [3.63, 3.8) is 0 Å². The molecule has 117 heavy (non-hydrogen) atoms. The molecule has 5 fully saturated rings. The molecule has 0 aromatic heterocycles. The molecule has 5 heterocycles. The smallest absolute Gasteiger partial charge is 0.364 e. The van der Waals surface area contributed by atoms with Gasteiger partial charge in [0.15, 0.2) is 25.2 Å². The van der Waals surface area contributed by atoms with Crippen molar-refractivity contribution in [3.05, 3.63) is 42.0 Å². The molecule has 0 aliphatic carbocycles. The maximum absolute atomic E-state index is 14.2. The quantitative estimate of drug-likeness (QED) is 0.0400. The normalized spacial score (nSPS) is 32.7. The number of aliphatic hydroxyl groups excluding tert-OH is 16. The van der Waals surface area contributed by atoms with Crippen LogP contribution in [0.1, 0.15) is 226 Å². The topological polar surface area (TPSA) is 544 Å². The number of aliphatic carboxylic acids is 1. The zero-order chi connectivity index (χ0) is 85.7. The number of nitrogens with zero attached hydrogens (tertiary/aromatic N) is 1. The highest BCUT2D eigenvalue weighted by Crippen LogP contribution is 2.42. The Kier molecular flexibility index (Phi) is 46.4. The van der Waals surface area contributed by atoms with Gasteiger partial charge < -0.3 is 155 Å². The van der Waals surface area contributed by atoms with E-state index in [0.717, 1.165) is 134 Å². The number of ether oxygens (including phenoxy) is 10. The highest BCUT2D eigenvalue weighted by molar-refractivity contribution is 5.77. The summed E-state index contributed by atoms with van der Waals surface area (Å²) < 4.78 is 60.9. The molecule has 6 rings (SSSR count). The molecule has 0 spiro atoms. The van der Waals surface area contributed by atoms with Gasteiger partial charge in [-0.2, -0.15) is 0 Å². The van der Waals surface area contributed by atoms with Gasteiger partial charge in [0.1, 0.15) is 116 Å². The zero-order valence-electron chi connectivity index (χ0n) is 69.0. The van der Waals surface area contributed by atoms with E-state index in [1.807, 2.05) is 30.3 Å². The van der Waals surface area contributed by atoms with Gasteiger partial charge >= 0.3 is 5.97 Å². The maximum atomic E-state index is 14.2. The Bertz CT molecular complexity index is 2940. The fraction of sp³-hybridized carbons (Fsp3) is 0.854. The summed E-state index contributed by atoms with van der Waals surface area (Å²) in [4.78, 5) is 56.2. The van der Waals surface area contributed by atoms with Crippen LogP contribution in [0, 0.1) is 0 Å². The minimum atomic E-state index is -3.40. The number of benzene rings is 1.